The van der Waals surface area contributed by atoms with Gasteiger partial charge in [0, 0.05) is 24.2 Å². The zero-order chi connectivity index (χ0) is 14.5. The normalized spacial score (nSPS) is 10.2. The molecule has 0 aliphatic carbocycles. The van der Waals surface area contributed by atoms with Crippen LogP contribution in [0.3, 0.4) is 0 Å². The minimum absolute atomic E-state index is 0.127. The largest absolute Gasteiger partial charge is 0.497 e. The highest BCUT2D eigenvalue weighted by molar-refractivity contribution is 6.29. The average molecular weight is 295 g/mol. The molecule has 0 radical (unpaired) electrons. The van der Waals surface area contributed by atoms with Crippen molar-refractivity contribution in [2.75, 3.05) is 25.3 Å². The Morgan fingerprint density at radius 2 is 2.00 bits per heavy atom. The van der Waals surface area contributed by atoms with Crippen molar-refractivity contribution >= 4 is 23.4 Å². The highest BCUT2D eigenvalue weighted by atomic mass is 35.5. The highest BCUT2D eigenvalue weighted by Crippen LogP contribution is 2.25. The van der Waals surface area contributed by atoms with Gasteiger partial charge in [-0.25, -0.2) is 4.98 Å². The van der Waals surface area contributed by atoms with Gasteiger partial charge in [0.1, 0.15) is 22.5 Å². The predicted molar refractivity (Wildman–Crippen MR) is 78.3 cm³/mol. The summed E-state index contributed by atoms with van der Waals surface area (Å²) < 4.78 is 10.5. The van der Waals surface area contributed by atoms with Crippen LogP contribution in [0.4, 0.5) is 11.8 Å². The number of nitrogen functional groups attached to an aromatic ring is 1. The lowest BCUT2D eigenvalue weighted by Crippen LogP contribution is -2.05. The number of halogens is 1. The number of aromatic nitrogens is 2. The Labute approximate surface area is 121 Å². The van der Waals surface area contributed by atoms with Crippen LogP contribution >= 0.6 is 11.6 Å². The molecule has 0 bridgehead atoms. The van der Waals surface area contributed by atoms with Gasteiger partial charge in [-0.15, -0.1) is 0 Å². The van der Waals surface area contributed by atoms with E-state index in [0.717, 1.165) is 17.1 Å². The third-order valence-corrected chi connectivity index (χ3v) is 2.86. The summed E-state index contributed by atoms with van der Waals surface area (Å²) in [7, 11) is 3.22. The number of ether oxygens (including phenoxy) is 2. The van der Waals surface area contributed by atoms with Crippen LogP contribution in [-0.4, -0.2) is 24.2 Å². The van der Waals surface area contributed by atoms with Crippen LogP contribution in [0.25, 0.3) is 0 Å². The second-order valence-electron chi connectivity index (χ2n) is 3.97. The molecule has 20 heavy (non-hydrogen) atoms. The Morgan fingerprint density at radius 1 is 1.20 bits per heavy atom. The number of benzene rings is 1. The average Bonchev–Trinajstić information content (AvgIpc) is 2.44. The van der Waals surface area contributed by atoms with Crippen molar-refractivity contribution < 1.29 is 9.47 Å². The predicted octanol–water partition coefficient (Wildman–Crippen LogP) is 2.34. The lowest BCUT2D eigenvalue weighted by atomic mass is 10.2. The molecule has 0 saturated heterocycles. The number of nitrogens with two attached hydrogens (primary N) is 1. The van der Waals surface area contributed by atoms with Crippen molar-refractivity contribution in [2.24, 2.45) is 0 Å². The highest BCUT2D eigenvalue weighted by Gasteiger charge is 2.06. The molecule has 0 aliphatic rings. The lowest BCUT2D eigenvalue weighted by molar-refractivity contribution is 0.391. The van der Waals surface area contributed by atoms with E-state index in [1.54, 1.807) is 20.3 Å². The molecule has 0 spiro atoms. The first-order valence-electron chi connectivity index (χ1n) is 5.87. The third kappa shape index (κ3) is 3.42. The first kappa shape index (κ1) is 14.2. The number of hydrogen-bond donors (Lipinski definition) is 2. The van der Waals surface area contributed by atoms with Crippen molar-refractivity contribution in [1.29, 1.82) is 0 Å². The fraction of sp³-hybridized carbons (Fsp3) is 0.231. The molecule has 106 valence electrons. The van der Waals surface area contributed by atoms with Crippen LogP contribution in [0.15, 0.2) is 24.3 Å². The van der Waals surface area contributed by atoms with E-state index < -0.39 is 0 Å². The maximum absolute atomic E-state index is 5.82. The second kappa shape index (κ2) is 6.29. The minimum Gasteiger partial charge on any atom is -0.497 e. The molecule has 1 aromatic heterocycles. The molecule has 1 heterocycles. The second-order valence-corrected chi connectivity index (χ2v) is 4.35. The number of methoxy groups -OCH3 is 2. The maximum Gasteiger partial charge on any atom is 0.223 e. The van der Waals surface area contributed by atoms with E-state index in [1.807, 2.05) is 18.2 Å². The van der Waals surface area contributed by atoms with Gasteiger partial charge in [0.15, 0.2) is 0 Å². The summed E-state index contributed by atoms with van der Waals surface area (Å²) in [6, 6.07) is 7.20. The Hall–Kier alpha value is -2.21. The molecule has 0 atom stereocenters. The molecule has 3 N–H and O–H groups in total. The number of anilines is 2. The van der Waals surface area contributed by atoms with Crippen molar-refractivity contribution in [3.63, 3.8) is 0 Å². The molecule has 0 aliphatic heterocycles. The summed E-state index contributed by atoms with van der Waals surface area (Å²) in [6.07, 6.45) is 0. The molecular formula is C13H15ClN4O2. The summed E-state index contributed by atoms with van der Waals surface area (Å²) in [5.74, 6) is 2.15. The SMILES string of the molecule is COc1ccc(CNc2cc(Cl)nc(N)n2)c(OC)c1. The van der Waals surface area contributed by atoms with Crippen molar-refractivity contribution in [3.05, 3.63) is 35.0 Å². The van der Waals surface area contributed by atoms with Crippen LogP contribution < -0.4 is 20.5 Å². The van der Waals surface area contributed by atoms with Gasteiger partial charge in [-0.1, -0.05) is 11.6 Å². The Kier molecular flexibility index (Phi) is 4.47. The lowest BCUT2D eigenvalue weighted by Gasteiger charge is -2.11. The van der Waals surface area contributed by atoms with E-state index in [0.29, 0.717) is 17.5 Å². The minimum atomic E-state index is 0.127. The fourth-order valence-corrected chi connectivity index (χ4v) is 1.90. The summed E-state index contributed by atoms with van der Waals surface area (Å²) >= 11 is 5.82. The smallest absolute Gasteiger partial charge is 0.223 e. The summed E-state index contributed by atoms with van der Waals surface area (Å²) in [4.78, 5) is 7.84. The van der Waals surface area contributed by atoms with Crippen LogP contribution in [0.5, 0.6) is 11.5 Å². The van der Waals surface area contributed by atoms with Gasteiger partial charge >= 0.3 is 0 Å². The van der Waals surface area contributed by atoms with E-state index in [4.69, 9.17) is 26.8 Å². The Balaban J connectivity index is 2.14. The molecule has 1 aromatic carbocycles. The molecule has 2 aromatic rings. The number of hydrogen-bond acceptors (Lipinski definition) is 6. The third-order valence-electron chi connectivity index (χ3n) is 2.67. The van der Waals surface area contributed by atoms with Crippen LogP contribution in [-0.2, 0) is 6.54 Å². The molecule has 0 fully saturated rings. The van der Waals surface area contributed by atoms with Crippen LogP contribution in [0.1, 0.15) is 5.56 Å². The topological polar surface area (TPSA) is 82.3 Å². The monoisotopic (exact) mass is 294 g/mol. The van der Waals surface area contributed by atoms with Gasteiger partial charge in [-0.3, -0.25) is 0 Å². The standard InChI is InChI=1S/C13H15ClN4O2/c1-19-9-4-3-8(10(5-9)20-2)7-16-12-6-11(14)17-13(15)18-12/h3-6H,7H2,1-2H3,(H3,15,16,17,18). The van der Waals surface area contributed by atoms with Crippen molar-refractivity contribution in [1.82, 2.24) is 9.97 Å². The van der Waals surface area contributed by atoms with E-state index >= 15 is 0 Å². The zero-order valence-corrected chi connectivity index (χ0v) is 11.9. The molecule has 2 rings (SSSR count). The summed E-state index contributed by atoms with van der Waals surface area (Å²) in [5.41, 5.74) is 6.49. The van der Waals surface area contributed by atoms with Crippen molar-refractivity contribution in [2.45, 2.75) is 6.54 Å². The molecular weight excluding hydrogens is 280 g/mol. The van der Waals surface area contributed by atoms with Crippen molar-refractivity contribution in [3.8, 4) is 11.5 Å². The Bertz CT molecular complexity index is 587. The van der Waals surface area contributed by atoms with Gasteiger partial charge in [0.25, 0.3) is 0 Å². The van der Waals surface area contributed by atoms with Gasteiger partial charge in [-0.2, -0.15) is 4.98 Å². The van der Waals surface area contributed by atoms with Gasteiger partial charge in [-0.05, 0) is 12.1 Å². The molecule has 0 saturated carbocycles. The maximum atomic E-state index is 5.82. The number of nitrogens with one attached hydrogen (secondary N) is 1. The summed E-state index contributed by atoms with van der Waals surface area (Å²) in [6.45, 7) is 0.514. The van der Waals surface area contributed by atoms with E-state index in [9.17, 15) is 0 Å². The molecule has 7 heteroatoms. The zero-order valence-electron chi connectivity index (χ0n) is 11.2. The quantitative estimate of drug-likeness (QED) is 0.824. The first-order valence-corrected chi connectivity index (χ1v) is 6.25. The van der Waals surface area contributed by atoms with Crippen LogP contribution in [0, 0.1) is 0 Å². The summed E-state index contributed by atoms with van der Waals surface area (Å²) in [5, 5.41) is 3.41. The van der Waals surface area contributed by atoms with E-state index in [-0.39, 0.29) is 5.95 Å². The van der Waals surface area contributed by atoms with Gasteiger partial charge < -0.3 is 20.5 Å². The van der Waals surface area contributed by atoms with Gasteiger partial charge in [0.2, 0.25) is 5.95 Å². The molecule has 0 amide bonds. The number of nitrogens with zero attached hydrogens (tertiary/aromatic N) is 2. The van der Waals surface area contributed by atoms with E-state index in [1.165, 1.54) is 0 Å². The first-order chi connectivity index (χ1) is 9.62. The van der Waals surface area contributed by atoms with Crippen LogP contribution in [0.2, 0.25) is 5.15 Å². The van der Waals surface area contributed by atoms with E-state index in [2.05, 4.69) is 15.3 Å². The fourth-order valence-electron chi connectivity index (χ4n) is 1.71. The number of rotatable bonds is 5. The molecule has 6 nitrogen and oxygen atoms in total. The van der Waals surface area contributed by atoms with Gasteiger partial charge in [0.05, 0.1) is 14.2 Å². The Morgan fingerprint density at radius 3 is 2.65 bits per heavy atom. The molecule has 0 unspecified atom stereocenters.